The van der Waals surface area contributed by atoms with Crippen molar-refractivity contribution >= 4 is 0 Å². The summed E-state index contributed by atoms with van der Waals surface area (Å²) >= 11 is 0. The number of hydrogen-bond acceptors (Lipinski definition) is 2. The van der Waals surface area contributed by atoms with Crippen LogP contribution in [0.25, 0.3) is 0 Å². The van der Waals surface area contributed by atoms with Gasteiger partial charge in [-0.05, 0) is 57.8 Å². The molecule has 0 unspecified atom stereocenters. The second-order valence-electron chi connectivity index (χ2n) is 5.24. The Balaban J connectivity index is 2.47. The van der Waals surface area contributed by atoms with Gasteiger partial charge in [-0.25, -0.2) is 0 Å². The van der Waals surface area contributed by atoms with Crippen LogP contribution in [0.2, 0.25) is 0 Å². The highest BCUT2D eigenvalue weighted by Gasteiger charge is 2.31. The molecule has 15 heavy (non-hydrogen) atoms. The van der Waals surface area contributed by atoms with Crippen molar-refractivity contribution in [1.82, 2.24) is 10.2 Å². The van der Waals surface area contributed by atoms with Gasteiger partial charge in [0.1, 0.15) is 0 Å². The minimum atomic E-state index is 0.615. The van der Waals surface area contributed by atoms with Crippen LogP contribution in [0.5, 0.6) is 0 Å². The molecule has 1 aliphatic rings. The molecule has 0 aromatic carbocycles. The van der Waals surface area contributed by atoms with Crippen molar-refractivity contribution in [3.8, 4) is 0 Å². The minimum absolute atomic E-state index is 0.615. The van der Waals surface area contributed by atoms with Crippen molar-refractivity contribution in [3.05, 3.63) is 0 Å². The van der Waals surface area contributed by atoms with E-state index >= 15 is 0 Å². The lowest BCUT2D eigenvalue weighted by Crippen LogP contribution is -2.43. The summed E-state index contributed by atoms with van der Waals surface area (Å²) in [6, 6.07) is 0. The first-order chi connectivity index (χ1) is 7.22. The molecule has 0 aliphatic carbocycles. The summed E-state index contributed by atoms with van der Waals surface area (Å²) in [5.74, 6) is 0. The molecule has 0 aromatic rings. The zero-order chi connectivity index (χ0) is 11.1. The molecule has 0 saturated carbocycles. The Labute approximate surface area is 95.4 Å². The van der Waals surface area contributed by atoms with Crippen LogP contribution in [0.3, 0.4) is 0 Å². The highest BCUT2D eigenvalue weighted by Crippen LogP contribution is 2.34. The lowest BCUT2D eigenvalue weighted by atomic mass is 9.75. The first-order valence-electron chi connectivity index (χ1n) is 6.62. The molecule has 0 aromatic heterocycles. The van der Waals surface area contributed by atoms with Crippen molar-refractivity contribution in [2.24, 2.45) is 5.41 Å². The fourth-order valence-electron chi connectivity index (χ4n) is 3.01. The average Bonchev–Trinajstić information content (AvgIpc) is 2.19. The molecule has 1 N–H and O–H groups in total. The lowest BCUT2D eigenvalue weighted by molar-refractivity contribution is 0.116. The molecule has 0 radical (unpaired) electrons. The fourth-order valence-corrected chi connectivity index (χ4v) is 3.01. The van der Waals surface area contributed by atoms with Crippen LogP contribution in [0.1, 0.15) is 46.0 Å². The van der Waals surface area contributed by atoms with E-state index in [2.05, 4.69) is 31.1 Å². The van der Waals surface area contributed by atoms with Gasteiger partial charge in [-0.15, -0.1) is 0 Å². The van der Waals surface area contributed by atoms with Gasteiger partial charge in [0.05, 0.1) is 0 Å². The average molecular weight is 212 g/mol. The maximum Gasteiger partial charge on any atom is 0.00359 e. The summed E-state index contributed by atoms with van der Waals surface area (Å²) in [4.78, 5) is 2.53. The van der Waals surface area contributed by atoms with Gasteiger partial charge in [-0.1, -0.05) is 20.3 Å². The number of nitrogens with zero attached hydrogens (tertiary/aromatic N) is 1. The smallest absolute Gasteiger partial charge is 0.00359 e. The number of hydrogen-bond donors (Lipinski definition) is 1. The predicted molar refractivity (Wildman–Crippen MR) is 67.2 cm³/mol. The van der Waals surface area contributed by atoms with Crippen LogP contribution in [0.15, 0.2) is 0 Å². The van der Waals surface area contributed by atoms with E-state index in [9.17, 15) is 0 Å². The van der Waals surface area contributed by atoms with Crippen molar-refractivity contribution in [2.45, 2.75) is 46.0 Å². The van der Waals surface area contributed by atoms with Gasteiger partial charge < -0.3 is 10.2 Å². The van der Waals surface area contributed by atoms with Gasteiger partial charge in [0, 0.05) is 6.54 Å². The van der Waals surface area contributed by atoms with E-state index in [4.69, 9.17) is 0 Å². The molecule has 1 fully saturated rings. The van der Waals surface area contributed by atoms with E-state index in [1.54, 1.807) is 0 Å². The summed E-state index contributed by atoms with van der Waals surface area (Å²) in [5, 5.41) is 3.48. The Hall–Kier alpha value is -0.0800. The monoisotopic (exact) mass is 212 g/mol. The molecule has 2 nitrogen and oxygen atoms in total. The Morgan fingerprint density at radius 2 is 1.80 bits per heavy atom. The van der Waals surface area contributed by atoms with E-state index in [0.29, 0.717) is 5.41 Å². The van der Waals surface area contributed by atoms with Crippen molar-refractivity contribution in [3.63, 3.8) is 0 Å². The van der Waals surface area contributed by atoms with E-state index in [0.717, 1.165) is 0 Å². The zero-order valence-electron chi connectivity index (χ0n) is 10.8. The van der Waals surface area contributed by atoms with Gasteiger partial charge in [-0.3, -0.25) is 0 Å². The highest BCUT2D eigenvalue weighted by molar-refractivity contribution is 4.86. The largest absolute Gasteiger partial charge is 0.317 e. The Kier molecular flexibility index (Phi) is 5.62. The molecule has 0 bridgehead atoms. The zero-order valence-corrected chi connectivity index (χ0v) is 10.8. The third kappa shape index (κ3) is 4.12. The number of nitrogens with one attached hydrogen (secondary N) is 1. The standard InChI is InChI=1S/C13H28N2/c1-4-6-13(7-9-14-10-8-13)12-15(3)11-5-2/h14H,4-12H2,1-3H3. The summed E-state index contributed by atoms with van der Waals surface area (Å²) in [7, 11) is 2.28. The molecule has 1 rings (SSSR count). The normalized spacial score (nSPS) is 20.8. The van der Waals surface area contributed by atoms with Crippen LogP contribution in [-0.4, -0.2) is 38.1 Å². The maximum atomic E-state index is 3.48. The molecular weight excluding hydrogens is 184 g/mol. The predicted octanol–water partition coefficient (Wildman–Crippen LogP) is 2.50. The highest BCUT2D eigenvalue weighted by atomic mass is 15.1. The van der Waals surface area contributed by atoms with Gasteiger partial charge in [0.2, 0.25) is 0 Å². The van der Waals surface area contributed by atoms with Gasteiger partial charge in [-0.2, -0.15) is 0 Å². The Morgan fingerprint density at radius 3 is 2.33 bits per heavy atom. The van der Waals surface area contributed by atoms with Gasteiger partial charge in [0.25, 0.3) is 0 Å². The molecule has 0 amide bonds. The SMILES string of the molecule is CCCN(C)CC1(CCC)CCNCC1. The minimum Gasteiger partial charge on any atom is -0.317 e. The Bertz CT molecular complexity index is 156. The molecule has 1 heterocycles. The summed E-state index contributed by atoms with van der Waals surface area (Å²) < 4.78 is 0. The Morgan fingerprint density at radius 1 is 1.13 bits per heavy atom. The van der Waals surface area contributed by atoms with Crippen molar-refractivity contribution < 1.29 is 0 Å². The van der Waals surface area contributed by atoms with Crippen molar-refractivity contribution in [1.29, 1.82) is 0 Å². The fraction of sp³-hybridized carbons (Fsp3) is 1.00. The topological polar surface area (TPSA) is 15.3 Å². The van der Waals surface area contributed by atoms with Crippen LogP contribution in [0, 0.1) is 5.41 Å². The van der Waals surface area contributed by atoms with Gasteiger partial charge >= 0.3 is 0 Å². The second kappa shape index (κ2) is 6.49. The molecule has 2 heteroatoms. The molecule has 0 atom stereocenters. The summed E-state index contributed by atoms with van der Waals surface area (Å²) in [5.41, 5.74) is 0.615. The third-order valence-electron chi connectivity index (χ3n) is 3.66. The molecule has 1 saturated heterocycles. The van der Waals surface area contributed by atoms with Crippen molar-refractivity contribution in [2.75, 3.05) is 33.2 Å². The van der Waals surface area contributed by atoms with Crippen LogP contribution in [-0.2, 0) is 0 Å². The second-order valence-corrected chi connectivity index (χ2v) is 5.24. The number of rotatable bonds is 6. The van der Waals surface area contributed by atoms with E-state index in [-0.39, 0.29) is 0 Å². The van der Waals surface area contributed by atoms with E-state index in [1.165, 1.54) is 58.3 Å². The van der Waals surface area contributed by atoms with Crippen LogP contribution < -0.4 is 5.32 Å². The summed E-state index contributed by atoms with van der Waals surface area (Å²) in [6.07, 6.45) is 6.75. The lowest BCUT2D eigenvalue weighted by Gasteiger charge is -2.40. The molecular formula is C13H28N2. The first kappa shape index (κ1) is 13.0. The van der Waals surface area contributed by atoms with E-state index < -0.39 is 0 Å². The number of piperidine rings is 1. The quantitative estimate of drug-likeness (QED) is 0.728. The van der Waals surface area contributed by atoms with Crippen LogP contribution in [0.4, 0.5) is 0 Å². The molecule has 0 spiro atoms. The third-order valence-corrected chi connectivity index (χ3v) is 3.66. The molecule has 90 valence electrons. The van der Waals surface area contributed by atoms with E-state index in [1.807, 2.05) is 0 Å². The first-order valence-corrected chi connectivity index (χ1v) is 6.62. The maximum absolute atomic E-state index is 3.48. The molecule has 1 aliphatic heterocycles. The van der Waals surface area contributed by atoms with Gasteiger partial charge in [0.15, 0.2) is 0 Å². The summed E-state index contributed by atoms with van der Waals surface area (Å²) in [6.45, 7) is 9.59. The van der Waals surface area contributed by atoms with Crippen LogP contribution >= 0.6 is 0 Å².